The molecule has 16 heavy (non-hydrogen) atoms. The zero-order valence-electron chi connectivity index (χ0n) is 8.40. The van der Waals surface area contributed by atoms with Crippen molar-refractivity contribution in [1.29, 1.82) is 0 Å². The molecule has 2 aliphatic rings. The molecule has 0 saturated carbocycles. The van der Waals surface area contributed by atoms with Crippen molar-refractivity contribution < 1.29 is 14.3 Å². The van der Waals surface area contributed by atoms with E-state index in [1.807, 2.05) is 18.2 Å². The third-order valence-electron chi connectivity index (χ3n) is 2.72. The second-order valence-corrected chi connectivity index (χ2v) is 3.68. The fourth-order valence-electron chi connectivity index (χ4n) is 1.97. The van der Waals surface area contributed by atoms with Gasteiger partial charge in [-0.3, -0.25) is 9.59 Å². The number of benzene rings is 1. The van der Waals surface area contributed by atoms with Gasteiger partial charge in [-0.05, 0) is 23.8 Å². The molecule has 0 spiro atoms. The van der Waals surface area contributed by atoms with Gasteiger partial charge < -0.3 is 4.74 Å². The zero-order valence-corrected chi connectivity index (χ0v) is 8.40. The first-order valence-corrected chi connectivity index (χ1v) is 5.00. The number of ketones is 2. The Labute approximate surface area is 92.0 Å². The predicted molar refractivity (Wildman–Crippen MR) is 59.3 cm³/mol. The van der Waals surface area contributed by atoms with E-state index in [1.54, 1.807) is 12.1 Å². The van der Waals surface area contributed by atoms with Gasteiger partial charge in [-0.25, -0.2) is 0 Å². The van der Waals surface area contributed by atoms with E-state index >= 15 is 0 Å². The van der Waals surface area contributed by atoms with E-state index in [4.69, 9.17) is 4.74 Å². The van der Waals surface area contributed by atoms with Gasteiger partial charge in [0.05, 0.1) is 0 Å². The molecule has 0 atom stereocenters. The Morgan fingerprint density at radius 3 is 2.81 bits per heavy atom. The fraction of sp³-hybridized carbons (Fsp3) is 0.0769. The van der Waals surface area contributed by atoms with Crippen LogP contribution in [0.25, 0.3) is 12.2 Å². The molecule has 1 aliphatic heterocycles. The lowest BCUT2D eigenvalue weighted by Gasteiger charge is -2.18. The van der Waals surface area contributed by atoms with Crippen molar-refractivity contribution in [2.45, 2.75) is 0 Å². The molecule has 3 nitrogen and oxygen atoms in total. The fourth-order valence-corrected chi connectivity index (χ4v) is 1.97. The van der Waals surface area contributed by atoms with Crippen LogP contribution in [-0.4, -0.2) is 18.2 Å². The van der Waals surface area contributed by atoms with E-state index in [1.165, 1.54) is 6.08 Å². The summed E-state index contributed by atoms with van der Waals surface area (Å²) in [7, 11) is 0. The van der Waals surface area contributed by atoms with Gasteiger partial charge in [0.15, 0.2) is 0 Å². The zero-order chi connectivity index (χ0) is 11.1. The van der Waals surface area contributed by atoms with Crippen molar-refractivity contribution in [3.05, 3.63) is 41.0 Å². The van der Waals surface area contributed by atoms with E-state index < -0.39 is 11.6 Å². The molecule has 0 fully saturated rings. The van der Waals surface area contributed by atoms with Gasteiger partial charge in [0.2, 0.25) is 11.6 Å². The SMILES string of the molecule is O=C1C=Cc2ccc3c(c2C1=O)C=CCO3. The van der Waals surface area contributed by atoms with Gasteiger partial charge in [0, 0.05) is 11.1 Å². The molecule has 0 N–H and O–H groups in total. The molecular formula is C13H8O3. The molecule has 3 rings (SSSR count). The number of carbonyl (C=O) groups is 2. The van der Waals surface area contributed by atoms with Gasteiger partial charge in [-0.1, -0.05) is 18.2 Å². The summed E-state index contributed by atoms with van der Waals surface area (Å²) in [6, 6.07) is 3.62. The van der Waals surface area contributed by atoms with Crippen LogP contribution in [0.1, 0.15) is 21.5 Å². The van der Waals surface area contributed by atoms with Crippen LogP contribution in [0.3, 0.4) is 0 Å². The predicted octanol–water partition coefficient (Wildman–Crippen LogP) is 1.87. The summed E-state index contributed by atoms with van der Waals surface area (Å²) in [5.74, 6) is -0.262. The lowest BCUT2D eigenvalue weighted by atomic mass is 9.90. The highest BCUT2D eigenvalue weighted by atomic mass is 16.5. The highest BCUT2D eigenvalue weighted by Gasteiger charge is 2.26. The average molecular weight is 212 g/mol. The summed E-state index contributed by atoms with van der Waals surface area (Å²) < 4.78 is 5.40. The molecule has 78 valence electrons. The lowest BCUT2D eigenvalue weighted by Crippen LogP contribution is -2.19. The van der Waals surface area contributed by atoms with Crippen LogP contribution in [0.15, 0.2) is 24.3 Å². The van der Waals surface area contributed by atoms with Gasteiger partial charge in [-0.2, -0.15) is 0 Å². The van der Waals surface area contributed by atoms with Gasteiger partial charge in [0.1, 0.15) is 12.4 Å². The molecule has 0 amide bonds. The van der Waals surface area contributed by atoms with Crippen molar-refractivity contribution in [3.63, 3.8) is 0 Å². The molecule has 0 radical (unpaired) electrons. The topological polar surface area (TPSA) is 43.4 Å². The van der Waals surface area contributed by atoms with E-state index in [9.17, 15) is 9.59 Å². The van der Waals surface area contributed by atoms with Crippen molar-refractivity contribution in [2.75, 3.05) is 6.61 Å². The highest BCUT2D eigenvalue weighted by molar-refractivity contribution is 6.50. The minimum Gasteiger partial charge on any atom is -0.489 e. The third-order valence-corrected chi connectivity index (χ3v) is 2.72. The number of allylic oxidation sites excluding steroid dienone is 1. The van der Waals surface area contributed by atoms with Crippen LogP contribution >= 0.6 is 0 Å². The maximum absolute atomic E-state index is 11.8. The average Bonchev–Trinajstić information content (AvgIpc) is 2.33. The van der Waals surface area contributed by atoms with Crippen molar-refractivity contribution in [1.82, 2.24) is 0 Å². The van der Waals surface area contributed by atoms with E-state index in [2.05, 4.69) is 0 Å². The number of hydrogen-bond acceptors (Lipinski definition) is 3. The third kappa shape index (κ3) is 1.15. The summed E-state index contributed by atoms with van der Waals surface area (Å²) in [5.41, 5.74) is 1.95. The Hall–Kier alpha value is -2.16. The smallest absolute Gasteiger partial charge is 0.234 e. The minimum atomic E-state index is -0.472. The van der Waals surface area contributed by atoms with Crippen molar-refractivity contribution >= 4 is 23.7 Å². The van der Waals surface area contributed by atoms with Crippen LogP contribution in [0.4, 0.5) is 0 Å². The number of rotatable bonds is 0. The van der Waals surface area contributed by atoms with Crippen LogP contribution < -0.4 is 4.74 Å². The molecule has 1 aliphatic carbocycles. The number of fused-ring (bicyclic) bond motifs is 3. The number of Topliss-reactive ketones (excluding diaryl/α,β-unsaturated/α-hetero) is 1. The van der Waals surface area contributed by atoms with Crippen LogP contribution in [0, 0.1) is 0 Å². The number of hydrogen-bond donors (Lipinski definition) is 0. The maximum Gasteiger partial charge on any atom is 0.234 e. The van der Waals surface area contributed by atoms with Crippen LogP contribution in [-0.2, 0) is 4.79 Å². The molecule has 0 bridgehead atoms. The molecular weight excluding hydrogens is 204 g/mol. The maximum atomic E-state index is 11.8. The largest absolute Gasteiger partial charge is 0.489 e. The Morgan fingerprint density at radius 2 is 1.94 bits per heavy atom. The Kier molecular flexibility index (Phi) is 1.80. The summed E-state index contributed by atoms with van der Waals surface area (Å²) in [6.45, 7) is 0.504. The molecule has 3 heteroatoms. The summed E-state index contributed by atoms with van der Waals surface area (Å²) in [5, 5.41) is 0. The van der Waals surface area contributed by atoms with E-state index in [0.717, 1.165) is 5.56 Å². The van der Waals surface area contributed by atoms with Gasteiger partial charge in [0.25, 0.3) is 0 Å². The Morgan fingerprint density at radius 1 is 1.06 bits per heavy atom. The summed E-state index contributed by atoms with van der Waals surface area (Å²) in [6.07, 6.45) is 6.65. The first-order chi connectivity index (χ1) is 7.77. The summed E-state index contributed by atoms with van der Waals surface area (Å²) >= 11 is 0. The summed E-state index contributed by atoms with van der Waals surface area (Å²) in [4.78, 5) is 23.1. The Balaban J connectivity index is 2.32. The molecule has 1 heterocycles. The Bertz CT molecular complexity index is 565. The quantitative estimate of drug-likeness (QED) is 0.616. The monoisotopic (exact) mass is 212 g/mol. The highest BCUT2D eigenvalue weighted by Crippen LogP contribution is 2.32. The number of ether oxygens (including phenoxy) is 1. The first kappa shape index (κ1) is 9.09. The second-order valence-electron chi connectivity index (χ2n) is 3.68. The van der Waals surface area contributed by atoms with Crippen molar-refractivity contribution in [3.8, 4) is 5.75 Å². The van der Waals surface area contributed by atoms with Crippen LogP contribution in [0.2, 0.25) is 0 Å². The molecule has 0 unspecified atom stereocenters. The molecule has 1 aromatic carbocycles. The standard InChI is InChI=1S/C13H8O3/c14-10-5-3-8-4-6-11-9(2-1-7-16-11)12(8)13(10)15/h1-6H,7H2. The normalized spacial score (nSPS) is 16.8. The van der Waals surface area contributed by atoms with E-state index in [0.29, 0.717) is 23.5 Å². The van der Waals surface area contributed by atoms with Crippen LogP contribution in [0.5, 0.6) is 5.75 Å². The molecule has 0 saturated heterocycles. The van der Waals surface area contributed by atoms with Gasteiger partial charge >= 0.3 is 0 Å². The van der Waals surface area contributed by atoms with Crippen molar-refractivity contribution in [2.24, 2.45) is 0 Å². The minimum absolute atomic E-state index is 0.454. The molecule has 1 aromatic rings. The number of carbonyl (C=O) groups excluding carboxylic acids is 2. The second kappa shape index (κ2) is 3.17. The van der Waals surface area contributed by atoms with E-state index in [-0.39, 0.29) is 0 Å². The van der Waals surface area contributed by atoms with Gasteiger partial charge in [-0.15, -0.1) is 0 Å². The first-order valence-electron chi connectivity index (χ1n) is 5.00. The molecule has 0 aromatic heterocycles. The lowest BCUT2D eigenvalue weighted by molar-refractivity contribution is -0.110.